The maximum atomic E-state index is 12.9. The van der Waals surface area contributed by atoms with Gasteiger partial charge in [0.05, 0.1) is 15.8 Å². The quantitative estimate of drug-likeness (QED) is 0.600. The van der Waals surface area contributed by atoms with Crippen LogP contribution < -0.4 is 10.3 Å². The van der Waals surface area contributed by atoms with Crippen LogP contribution in [0.5, 0.6) is 0 Å². The Hall–Kier alpha value is -3.05. The number of nitrogens with zero attached hydrogens (tertiary/aromatic N) is 1. The third-order valence-electron chi connectivity index (χ3n) is 3.94. The van der Waals surface area contributed by atoms with Crippen molar-refractivity contribution in [3.63, 3.8) is 0 Å². The third kappa shape index (κ3) is 3.14. The molecule has 0 unspecified atom stereocenters. The number of thiophene rings is 1. The SMILES string of the molecule is Cc1cccc(NC(=O)c2cc(-c3cccs3)[nH+]c3ccccc23)n1. The van der Waals surface area contributed by atoms with E-state index >= 15 is 0 Å². The number of benzene rings is 1. The van der Waals surface area contributed by atoms with Gasteiger partial charge in [0, 0.05) is 17.8 Å². The minimum absolute atomic E-state index is 0.166. The molecule has 25 heavy (non-hydrogen) atoms. The van der Waals surface area contributed by atoms with Crippen molar-refractivity contribution >= 4 is 34.0 Å². The van der Waals surface area contributed by atoms with Crippen LogP contribution in [0.4, 0.5) is 5.82 Å². The van der Waals surface area contributed by atoms with Gasteiger partial charge in [0.15, 0.2) is 0 Å². The van der Waals surface area contributed by atoms with Gasteiger partial charge in [-0.15, -0.1) is 11.3 Å². The lowest BCUT2D eigenvalue weighted by Gasteiger charge is -2.07. The highest BCUT2D eigenvalue weighted by atomic mass is 32.1. The zero-order valence-electron chi connectivity index (χ0n) is 13.6. The van der Waals surface area contributed by atoms with Gasteiger partial charge in [-0.1, -0.05) is 24.3 Å². The van der Waals surface area contributed by atoms with Crippen LogP contribution in [0.15, 0.2) is 66.0 Å². The van der Waals surface area contributed by atoms with Gasteiger partial charge in [0.25, 0.3) is 5.91 Å². The van der Waals surface area contributed by atoms with E-state index in [-0.39, 0.29) is 5.91 Å². The molecule has 0 fully saturated rings. The predicted molar refractivity (Wildman–Crippen MR) is 101 cm³/mol. The molecule has 3 aromatic heterocycles. The van der Waals surface area contributed by atoms with Gasteiger partial charge < -0.3 is 5.32 Å². The molecule has 122 valence electrons. The number of para-hydroxylation sites is 1. The summed E-state index contributed by atoms with van der Waals surface area (Å²) in [4.78, 5) is 21.8. The number of hydrogen-bond donors (Lipinski definition) is 1. The molecular formula is C20H16N3OS+. The van der Waals surface area contributed by atoms with E-state index in [1.165, 1.54) is 0 Å². The number of rotatable bonds is 3. The van der Waals surface area contributed by atoms with Gasteiger partial charge in [-0.2, -0.15) is 0 Å². The Morgan fingerprint density at radius 1 is 1.08 bits per heavy atom. The number of amides is 1. The Labute approximate surface area is 149 Å². The average molecular weight is 346 g/mol. The van der Waals surface area contributed by atoms with E-state index in [0.29, 0.717) is 11.4 Å². The fourth-order valence-electron chi connectivity index (χ4n) is 2.78. The second-order valence-corrected chi connectivity index (χ2v) is 6.69. The number of carbonyl (C=O) groups is 1. The van der Waals surface area contributed by atoms with E-state index in [1.807, 2.05) is 66.9 Å². The van der Waals surface area contributed by atoms with Crippen LogP contribution in [0.2, 0.25) is 0 Å². The van der Waals surface area contributed by atoms with Crippen LogP contribution >= 0.6 is 11.3 Å². The zero-order chi connectivity index (χ0) is 17.2. The molecular weight excluding hydrogens is 330 g/mol. The Balaban J connectivity index is 1.80. The number of aromatic nitrogens is 2. The first-order valence-corrected chi connectivity index (χ1v) is 8.82. The molecule has 2 N–H and O–H groups in total. The highest BCUT2D eigenvalue weighted by Crippen LogP contribution is 2.25. The monoisotopic (exact) mass is 346 g/mol. The number of carbonyl (C=O) groups excluding carboxylic acids is 1. The highest BCUT2D eigenvalue weighted by Gasteiger charge is 2.19. The van der Waals surface area contributed by atoms with Crippen LogP contribution in [-0.4, -0.2) is 10.9 Å². The highest BCUT2D eigenvalue weighted by molar-refractivity contribution is 7.13. The van der Waals surface area contributed by atoms with Crippen molar-refractivity contribution in [2.75, 3.05) is 5.32 Å². The number of H-pyrrole nitrogens is 1. The fourth-order valence-corrected chi connectivity index (χ4v) is 3.48. The molecule has 1 aromatic carbocycles. The number of nitrogens with one attached hydrogen (secondary N) is 2. The summed E-state index contributed by atoms with van der Waals surface area (Å²) in [6, 6.07) is 19.3. The molecule has 0 aliphatic heterocycles. The Kier molecular flexibility index (Phi) is 3.99. The molecule has 4 aromatic rings. The second kappa shape index (κ2) is 6.45. The number of aromatic amines is 1. The predicted octanol–water partition coefficient (Wildman–Crippen LogP) is 4.34. The lowest BCUT2D eigenvalue weighted by Crippen LogP contribution is -2.17. The molecule has 0 atom stereocenters. The van der Waals surface area contributed by atoms with Crippen molar-refractivity contribution in [3.8, 4) is 10.6 Å². The summed E-state index contributed by atoms with van der Waals surface area (Å²) in [7, 11) is 0. The van der Waals surface area contributed by atoms with Crippen molar-refractivity contribution in [2.45, 2.75) is 6.92 Å². The summed E-state index contributed by atoms with van der Waals surface area (Å²) in [5, 5.41) is 5.81. The molecule has 3 heterocycles. The first kappa shape index (κ1) is 15.5. The van der Waals surface area contributed by atoms with Gasteiger partial charge in [-0.25, -0.2) is 9.97 Å². The minimum Gasteiger partial charge on any atom is -0.307 e. The van der Waals surface area contributed by atoms with Crippen molar-refractivity contribution in [3.05, 3.63) is 77.3 Å². The normalized spacial score (nSPS) is 10.8. The summed E-state index contributed by atoms with van der Waals surface area (Å²) < 4.78 is 0. The van der Waals surface area contributed by atoms with E-state index in [4.69, 9.17) is 0 Å². The number of hydrogen-bond acceptors (Lipinski definition) is 3. The summed E-state index contributed by atoms with van der Waals surface area (Å²) in [6.07, 6.45) is 0. The zero-order valence-corrected chi connectivity index (χ0v) is 14.4. The smallest absolute Gasteiger partial charge is 0.257 e. The van der Waals surface area contributed by atoms with Gasteiger partial charge >= 0.3 is 0 Å². The number of anilines is 1. The van der Waals surface area contributed by atoms with Crippen LogP contribution in [0.1, 0.15) is 16.1 Å². The van der Waals surface area contributed by atoms with Gasteiger partial charge in [0.2, 0.25) is 11.2 Å². The van der Waals surface area contributed by atoms with Gasteiger partial charge in [-0.3, -0.25) is 4.79 Å². The standard InChI is InChI=1S/C20H15N3OS/c1-13-6-4-10-19(21-13)23-20(24)15-12-17(18-9-5-11-25-18)22-16-8-3-2-7-14(15)16/h2-12H,1H3,(H,21,23,24)/p+1. The van der Waals surface area contributed by atoms with Gasteiger partial charge in [-0.05, 0) is 36.6 Å². The van der Waals surface area contributed by atoms with E-state index < -0.39 is 0 Å². The van der Waals surface area contributed by atoms with Crippen LogP contribution in [0.25, 0.3) is 21.5 Å². The molecule has 0 aliphatic carbocycles. The average Bonchev–Trinajstić information content (AvgIpc) is 3.15. The number of pyridine rings is 2. The van der Waals surface area contributed by atoms with Crippen molar-refractivity contribution in [2.24, 2.45) is 0 Å². The van der Waals surface area contributed by atoms with Crippen molar-refractivity contribution < 1.29 is 9.78 Å². The Bertz CT molecular complexity index is 1060. The first-order valence-electron chi connectivity index (χ1n) is 7.95. The van der Waals surface area contributed by atoms with E-state index in [0.717, 1.165) is 27.2 Å². The molecule has 0 radical (unpaired) electrons. The molecule has 5 heteroatoms. The molecule has 0 saturated carbocycles. The van der Waals surface area contributed by atoms with Crippen molar-refractivity contribution in [1.29, 1.82) is 0 Å². The summed E-state index contributed by atoms with van der Waals surface area (Å²) in [5.74, 6) is 0.390. The van der Waals surface area contributed by atoms with E-state index in [9.17, 15) is 4.79 Å². The van der Waals surface area contributed by atoms with Crippen LogP contribution in [-0.2, 0) is 0 Å². The molecule has 0 aliphatic rings. The molecule has 4 rings (SSSR count). The maximum absolute atomic E-state index is 12.9. The lowest BCUT2D eigenvalue weighted by molar-refractivity contribution is -0.330. The minimum atomic E-state index is -0.166. The molecule has 1 amide bonds. The van der Waals surface area contributed by atoms with E-state index in [2.05, 4.69) is 15.3 Å². The first-order chi connectivity index (χ1) is 12.2. The third-order valence-corrected chi connectivity index (χ3v) is 4.84. The second-order valence-electron chi connectivity index (χ2n) is 5.74. The number of aryl methyl sites for hydroxylation is 1. The summed E-state index contributed by atoms with van der Waals surface area (Å²) >= 11 is 1.64. The number of fused-ring (bicyclic) bond motifs is 1. The largest absolute Gasteiger partial charge is 0.307 e. The maximum Gasteiger partial charge on any atom is 0.257 e. The van der Waals surface area contributed by atoms with Gasteiger partial charge in [0.1, 0.15) is 5.82 Å². The Morgan fingerprint density at radius 2 is 1.96 bits per heavy atom. The van der Waals surface area contributed by atoms with E-state index in [1.54, 1.807) is 17.4 Å². The van der Waals surface area contributed by atoms with Crippen LogP contribution in [0, 0.1) is 6.92 Å². The lowest BCUT2D eigenvalue weighted by atomic mass is 10.1. The molecule has 0 bridgehead atoms. The van der Waals surface area contributed by atoms with Crippen molar-refractivity contribution in [1.82, 2.24) is 4.98 Å². The summed E-state index contributed by atoms with van der Waals surface area (Å²) in [6.45, 7) is 1.90. The molecule has 4 nitrogen and oxygen atoms in total. The molecule has 0 spiro atoms. The Morgan fingerprint density at radius 3 is 2.76 bits per heavy atom. The topological polar surface area (TPSA) is 56.1 Å². The summed E-state index contributed by atoms with van der Waals surface area (Å²) in [5.41, 5.74) is 3.34. The van der Waals surface area contributed by atoms with Crippen LogP contribution in [0.3, 0.4) is 0 Å². The fraction of sp³-hybridized carbons (Fsp3) is 0.0500. The molecule has 0 saturated heterocycles.